The van der Waals surface area contributed by atoms with Crippen LogP contribution in [0.1, 0.15) is 12.7 Å². The molecule has 0 bridgehead atoms. The SMILES string of the molecule is CCN(Cc1nc2cc(Cl)ccc2c(=O)[nH]1)C(=O)COc1cccc(Cl)c1. The number of amides is 1. The number of H-pyrrole nitrogens is 1. The fourth-order valence-corrected chi connectivity index (χ4v) is 2.93. The van der Waals surface area contributed by atoms with Crippen molar-refractivity contribution in [1.29, 1.82) is 0 Å². The molecule has 27 heavy (non-hydrogen) atoms. The van der Waals surface area contributed by atoms with Gasteiger partial charge in [0.25, 0.3) is 11.5 Å². The van der Waals surface area contributed by atoms with Gasteiger partial charge in [-0.2, -0.15) is 0 Å². The summed E-state index contributed by atoms with van der Waals surface area (Å²) < 4.78 is 5.49. The molecule has 0 saturated heterocycles. The van der Waals surface area contributed by atoms with Crippen LogP contribution in [0.3, 0.4) is 0 Å². The highest BCUT2D eigenvalue weighted by Crippen LogP contribution is 2.17. The lowest BCUT2D eigenvalue weighted by atomic mass is 10.2. The lowest BCUT2D eigenvalue weighted by molar-refractivity contribution is -0.133. The van der Waals surface area contributed by atoms with E-state index in [2.05, 4.69) is 9.97 Å². The number of rotatable bonds is 6. The van der Waals surface area contributed by atoms with Crippen LogP contribution in [0.25, 0.3) is 10.9 Å². The lowest BCUT2D eigenvalue weighted by Gasteiger charge is -2.20. The van der Waals surface area contributed by atoms with Crippen LogP contribution in [0.2, 0.25) is 10.0 Å². The number of aromatic nitrogens is 2. The van der Waals surface area contributed by atoms with Crippen LogP contribution < -0.4 is 10.3 Å². The van der Waals surface area contributed by atoms with Gasteiger partial charge >= 0.3 is 0 Å². The molecule has 2 aromatic carbocycles. The molecule has 0 aliphatic carbocycles. The first-order chi connectivity index (χ1) is 13.0. The molecular weight excluding hydrogens is 389 g/mol. The third-order valence-corrected chi connectivity index (χ3v) is 4.42. The second-order valence-electron chi connectivity index (χ2n) is 5.83. The molecule has 6 nitrogen and oxygen atoms in total. The zero-order valence-corrected chi connectivity index (χ0v) is 16.0. The molecule has 0 unspecified atom stereocenters. The van der Waals surface area contributed by atoms with Crippen LogP contribution >= 0.6 is 23.2 Å². The molecule has 3 rings (SSSR count). The van der Waals surface area contributed by atoms with E-state index in [4.69, 9.17) is 27.9 Å². The first kappa shape index (κ1) is 19.2. The van der Waals surface area contributed by atoms with Crippen molar-refractivity contribution in [3.05, 3.63) is 68.7 Å². The molecule has 8 heteroatoms. The second kappa shape index (κ2) is 8.41. The normalized spacial score (nSPS) is 10.8. The molecule has 3 aromatic rings. The van der Waals surface area contributed by atoms with Crippen molar-refractivity contribution < 1.29 is 9.53 Å². The largest absolute Gasteiger partial charge is 0.484 e. The number of carbonyl (C=O) groups excluding carboxylic acids is 1. The van der Waals surface area contributed by atoms with E-state index in [0.29, 0.717) is 39.1 Å². The summed E-state index contributed by atoms with van der Waals surface area (Å²) in [6, 6.07) is 11.7. The zero-order chi connectivity index (χ0) is 19.4. The molecular formula is C19H17Cl2N3O3. The van der Waals surface area contributed by atoms with Gasteiger partial charge in [-0.1, -0.05) is 29.3 Å². The van der Waals surface area contributed by atoms with Gasteiger partial charge in [0.15, 0.2) is 6.61 Å². The van der Waals surface area contributed by atoms with E-state index < -0.39 is 0 Å². The van der Waals surface area contributed by atoms with Crippen LogP contribution in [-0.2, 0) is 11.3 Å². The summed E-state index contributed by atoms with van der Waals surface area (Å²) in [5, 5.41) is 1.47. The van der Waals surface area contributed by atoms with Gasteiger partial charge in [-0.05, 0) is 43.3 Å². The maximum absolute atomic E-state index is 12.5. The average molecular weight is 406 g/mol. The van der Waals surface area contributed by atoms with Gasteiger partial charge in [0.05, 0.1) is 17.4 Å². The number of ether oxygens (including phenoxy) is 1. The third kappa shape index (κ3) is 4.78. The molecule has 1 N–H and O–H groups in total. The molecule has 1 amide bonds. The van der Waals surface area contributed by atoms with Crippen molar-refractivity contribution in [3.63, 3.8) is 0 Å². The van der Waals surface area contributed by atoms with Crippen LogP contribution in [0.15, 0.2) is 47.3 Å². The lowest BCUT2D eigenvalue weighted by Crippen LogP contribution is -2.35. The van der Waals surface area contributed by atoms with Gasteiger partial charge in [-0.25, -0.2) is 4.98 Å². The Morgan fingerprint density at radius 2 is 1.96 bits per heavy atom. The smallest absolute Gasteiger partial charge is 0.260 e. The minimum absolute atomic E-state index is 0.141. The van der Waals surface area contributed by atoms with Crippen LogP contribution in [0.5, 0.6) is 5.75 Å². The van der Waals surface area contributed by atoms with E-state index in [-0.39, 0.29) is 24.6 Å². The van der Waals surface area contributed by atoms with Gasteiger partial charge in [0.1, 0.15) is 11.6 Å². The molecule has 0 fully saturated rings. The first-order valence-electron chi connectivity index (χ1n) is 8.31. The van der Waals surface area contributed by atoms with Crippen molar-refractivity contribution in [2.45, 2.75) is 13.5 Å². The molecule has 1 heterocycles. The Kier molecular flexibility index (Phi) is 5.98. The van der Waals surface area contributed by atoms with E-state index in [1.165, 1.54) is 0 Å². The number of fused-ring (bicyclic) bond motifs is 1. The number of nitrogens with zero attached hydrogens (tertiary/aromatic N) is 2. The summed E-state index contributed by atoms with van der Waals surface area (Å²) in [4.78, 5) is 33.3. The summed E-state index contributed by atoms with van der Waals surface area (Å²) >= 11 is 11.9. The quantitative estimate of drug-likeness (QED) is 0.678. The molecule has 0 aliphatic rings. The Labute approximate surface area is 165 Å². The van der Waals surface area contributed by atoms with Crippen molar-refractivity contribution >= 4 is 40.0 Å². The van der Waals surface area contributed by atoms with Crippen LogP contribution in [0.4, 0.5) is 0 Å². The highest BCUT2D eigenvalue weighted by atomic mass is 35.5. The Morgan fingerprint density at radius 1 is 1.19 bits per heavy atom. The van der Waals surface area contributed by atoms with Crippen molar-refractivity contribution in [1.82, 2.24) is 14.9 Å². The summed E-state index contributed by atoms with van der Waals surface area (Å²) in [7, 11) is 0. The predicted octanol–water partition coefficient (Wildman–Crippen LogP) is 3.66. The summed E-state index contributed by atoms with van der Waals surface area (Å²) in [5.41, 5.74) is 0.213. The molecule has 1 aromatic heterocycles. The number of carbonyl (C=O) groups is 1. The Balaban J connectivity index is 1.73. The minimum atomic E-state index is -0.273. The van der Waals surface area contributed by atoms with Gasteiger partial charge in [0, 0.05) is 16.6 Å². The van der Waals surface area contributed by atoms with Crippen LogP contribution in [0, 0.1) is 0 Å². The molecule has 0 atom stereocenters. The predicted molar refractivity (Wildman–Crippen MR) is 105 cm³/mol. The van der Waals surface area contributed by atoms with Crippen molar-refractivity contribution in [3.8, 4) is 5.75 Å². The number of aromatic amines is 1. The van der Waals surface area contributed by atoms with Gasteiger partial charge in [-0.15, -0.1) is 0 Å². The Bertz CT molecular complexity index is 1040. The van der Waals surface area contributed by atoms with Crippen molar-refractivity contribution in [2.24, 2.45) is 0 Å². The highest BCUT2D eigenvalue weighted by Gasteiger charge is 2.15. The van der Waals surface area contributed by atoms with Gasteiger partial charge in [-0.3, -0.25) is 9.59 Å². The number of halogens is 2. The Morgan fingerprint density at radius 3 is 2.70 bits per heavy atom. The number of hydrogen-bond acceptors (Lipinski definition) is 4. The highest BCUT2D eigenvalue weighted by molar-refractivity contribution is 6.31. The minimum Gasteiger partial charge on any atom is -0.484 e. The Hall–Kier alpha value is -2.57. The van der Waals surface area contributed by atoms with Crippen LogP contribution in [-0.4, -0.2) is 33.9 Å². The third-order valence-electron chi connectivity index (χ3n) is 3.95. The number of likely N-dealkylation sites (N-methyl/N-ethyl adjacent to an activating group) is 1. The number of nitrogens with one attached hydrogen (secondary N) is 1. The second-order valence-corrected chi connectivity index (χ2v) is 6.70. The maximum atomic E-state index is 12.5. The summed E-state index contributed by atoms with van der Waals surface area (Å²) in [6.45, 7) is 2.30. The molecule has 0 aliphatic heterocycles. The summed E-state index contributed by atoms with van der Waals surface area (Å²) in [5.74, 6) is 0.665. The topological polar surface area (TPSA) is 75.3 Å². The van der Waals surface area contributed by atoms with Gasteiger partial charge < -0.3 is 14.6 Å². The number of hydrogen-bond donors (Lipinski definition) is 1. The molecule has 0 spiro atoms. The number of benzene rings is 2. The monoisotopic (exact) mass is 405 g/mol. The summed E-state index contributed by atoms with van der Waals surface area (Å²) in [6.07, 6.45) is 0. The maximum Gasteiger partial charge on any atom is 0.260 e. The zero-order valence-electron chi connectivity index (χ0n) is 14.5. The van der Waals surface area contributed by atoms with E-state index in [1.54, 1.807) is 47.4 Å². The average Bonchev–Trinajstić information content (AvgIpc) is 2.64. The molecule has 0 saturated carbocycles. The van der Waals surface area contributed by atoms with Gasteiger partial charge in [0.2, 0.25) is 0 Å². The fourth-order valence-electron chi connectivity index (χ4n) is 2.59. The standard InChI is InChI=1S/C19H17Cl2N3O3/c1-2-24(18(25)11-27-14-5-3-4-12(20)8-14)10-17-22-16-9-13(21)6-7-15(16)19(26)23-17/h3-9H,2,10-11H2,1H3,(H,22,23,26). The van der Waals surface area contributed by atoms with E-state index in [1.807, 2.05) is 6.92 Å². The van der Waals surface area contributed by atoms with Crippen molar-refractivity contribution in [2.75, 3.05) is 13.2 Å². The van der Waals surface area contributed by atoms with E-state index in [9.17, 15) is 9.59 Å². The molecule has 140 valence electrons. The fraction of sp³-hybridized carbons (Fsp3) is 0.211. The van der Waals surface area contributed by atoms with E-state index in [0.717, 1.165) is 0 Å². The first-order valence-corrected chi connectivity index (χ1v) is 9.06. The molecule has 0 radical (unpaired) electrons. The van der Waals surface area contributed by atoms with E-state index >= 15 is 0 Å².